The second kappa shape index (κ2) is 8.58. The number of hydrogen-bond acceptors (Lipinski definition) is 1. The van der Waals surface area contributed by atoms with Gasteiger partial charge in [0, 0.05) is 20.1 Å². The number of benzene rings is 3. The Morgan fingerprint density at radius 2 is 1.68 bits per heavy atom. The molecule has 3 aromatic rings. The minimum Gasteiger partial charge on any atom is -0.319 e. The van der Waals surface area contributed by atoms with Gasteiger partial charge in [-0.15, -0.1) is 0 Å². The van der Waals surface area contributed by atoms with E-state index in [4.69, 9.17) is 0 Å². The lowest BCUT2D eigenvalue weighted by Crippen LogP contribution is -2.29. The second-order valence-electron chi connectivity index (χ2n) is 9.09. The zero-order valence-corrected chi connectivity index (χ0v) is 19.2. The average Bonchev–Trinajstić information content (AvgIpc) is 3.03. The fourth-order valence-electron chi connectivity index (χ4n) is 4.51. The van der Waals surface area contributed by atoms with Crippen molar-refractivity contribution in [3.05, 3.63) is 94.5 Å². The minimum absolute atomic E-state index is 0.0907. The summed E-state index contributed by atoms with van der Waals surface area (Å²) in [4.78, 5) is 16.9. The first-order valence-electron chi connectivity index (χ1n) is 11.1. The van der Waals surface area contributed by atoms with E-state index in [1.165, 1.54) is 38.9 Å². The molecular weight excluding hydrogens is 380 g/mol. The van der Waals surface area contributed by atoms with Crippen LogP contribution in [-0.4, -0.2) is 29.4 Å². The molecule has 1 fully saturated rings. The molecule has 160 valence electrons. The van der Waals surface area contributed by atoms with Gasteiger partial charge < -0.3 is 9.80 Å². The standard InChI is InChI=1S/C28H32N2O/c1-19(2)23-13-12-21(4)26(16-23)25-14-11-20(3)15-24(25)17-30-18-27(29(5)28(30)31)22-9-7-6-8-10-22/h6-16,19,27H,17-18H2,1-5H3/t27-/m0/s1. The van der Waals surface area contributed by atoms with Gasteiger partial charge in [-0.05, 0) is 53.1 Å². The van der Waals surface area contributed by atoms with E-state index in [1.807, 2.05) is 35.0 Å². The third-order valence-electron chi connectivity index (χ3n) is 6.46. The summed E-state index contributed by atoms with van der Waals surface area (Å²) in [7, 11) is 1.91. The second-order valence-corrected chi connectivity index (χ2v) is 9.09. The maximum Gasteiger partial charge on any atom is 0.320 e. The summed E-state index contributed by atoms with van der Waals surface area (Å²) in [6, 6.07) is 23.9. The molecule has 3 aromatic carbocycles. The largest absolute Gasteiger partial charge is 0.320 e. The van der Waals surface area contributed by atoms with E-state index in [9.17, 15) is 4.79 Å². The molecule has 0 aromatic heterocycles. The van der Waals surface area contributed by atoms with E-state index in [-0.39, 0.29) is 12.1 Å². The number of amides is 2. The van der Waals surface area contributed by atoms with Gasteiger partial charge in [0.25, 0.3) is 0 Å². The van der Waals surface area contributed by atoms with Crippen LogP contribution in [0.15, 0.2) is 66.7 Å². The predicted molar refractivity (Wildman–Crippen MR) is 128 cm³/mol. The van der Waals surface area contributed by atoms with Gasteiger partial charge in [0.1, 0.15) is 0 Å². The Bertz CT molecular complexity index is 1090. The Hall–Kier alpha value is -3.07. The van der Waals surface area contributed by atoms with E-state index in [2.05, 4.69) is 76.2 Å². The van der Waals surface area contributed by atoms with Crippen molar-refractivity contribution in [2.45, 2.75) is 46.2 Å². The van der Waals surface area contributed by atoms with Crippen LogP contribution in [0.1, 0.15) is 53.6 Å². The molecule has 0 unspecified atom stereocenters. The third-order valence-corrected chi connectivity index (χ3v) is 6.46. The van der Waals surface area contributed by atoms with E-state index in [0.717, 1.165) is 0 Å². The number of aryl methyl sites for hydroxylation is 2. The van der Waals surface area contributed by atoms with Crippen molar-refractivity contribution in [2.24, 2.45) is 0 Å². The highest BCUT2D eigenvalue weighted by Crippen LogP contribution is 2.34. The van der Waals surface area contributed by atoms with Gasteiger partial charge in [0.15, 0.2) is 0 Å². The van der Waals surface area contributed by atoms with E-state index < -0.39 is 0 Å². The maximum absolute atomic E-state index is 13.1. The molecule has 0 saturated carbocycles. The number of likely N-dealkylation sites (N-methyl/N-ethyl adjacent to an activating group) is 1. The summed E-state index contributed by atoms with van der Waals surface area (Å²) in [6.07, 6.45) is 0. The normalized spacial score (nSPS) is 16.5. The lowest BCUT2D eigenvalue weighted by molar-refractivity contribution is 0.194. The van der Waals surface area contributed by atoms with Crippen molar-refractivity contribution in [1.82, 2.24) is 9.80 Å². The first kappa shape index (κ1) is 21.2. The van der Waals surface area contributed by atoms with Crippen LogP contribution in [0.5, 0.6) is 0 Å². The molecular formula is C28H32N2O. The topological polar surface area (TPSA) is 23.6 Å². The van der Waals surface area contributed by atoms with Crippen LogP contribution in [0.25, 0.3) is 11.1 Å². The van der Waals surface area contributed by atoms with Gasteiger partial charge in [-0.25, -0.2) is 4.79 Å². The van der Waals surface area contributed by atoms with Crippen molar-refractivity contribution in [2.75, 3.05) is 13.6 Å². The molecule has 0 N–H and O–H groups in total. The summed E-state index contributed by atoms with van der Waals surface area (Å²) in [5.74, 6) is 0.480. The fourth-order valence-corrected chi connectivity index (χ4v) is 4.51. The van der Waals surface area contributed by atoms with Crippen molar-refractivity contribution < 1.29 is 4.79 Å². The van der Waals surface area contributed by atoms with E-state index in [1.54, 1.807) is 0 Å². The zero-order chi connectivity index (χ0) is 22.1. The van der Waals surface area contributed by atoms with Crippen molar-refractivity contribution in [3.8, 4) is 11.1 Å². The number of rotatable bonds is 5. The summed E-state index contributed by atoms with van der Waals surface area (Å²) >= 11 is 0. The monoisotopic (exact) mass is 412 g/mol. The molecule has 0 spiro atoms. The van der Waals surface area contributed by atoms with Gasteiger partial charge >= 0.3 is 6.03 Å². The molecule has 1 aliphatic heterocycles. The smallest absolute Gasteiger partial charge is 0.319 e. The van der Waals surface area contributed by atoms with Crippen LogP contribution in [0.2, 0.25) is 0 Å². The Labute approximate surface area is 186 Å². The first-order chi connectivity index (χ1) is 14.8. The SMILES string of the molecule is Cc1ccc(-c2cc(C(C)C)ccc2C)c(CN2C[C@@H](c3ccccc3)N(C)C2=O)c1. The summed E-state index contributed by atoms with van der Waals surface area (Å²) in [5, 5.41) is 0. The molecule has 0 bridgehead atoms. The van der Waals surface area contributed by atoms with Gasteiger partial charge in [-0.1, -0.05) is 86.1 Å². The van der Waals surface area contributed by atoms with Crippen LogP contribution in [0.4, 0.5) is 4.79 Å². The zero-order valence-electron chi connectivity index (χ0n) is 19.2. The molecule has 3 heteroatoms. The van der Waals surface area contributed by atoms with Crippen LogP contribution in [0.3, 0.4) is 0 Å². The number of carbonyl (C=O) groups excluding carboxylic acids is 1. The van der Waals surface area contributed by atoms with Gasteiger partial charge in [0.2, 0.25) is 0 Å². The minimum atomic E-state index is 0.0907. The molecule has 1 aliphatic rings. The molecule has 1 heterocycles. The van der Waals surface area contributed by atoms with E-state index >= 15 is 0 Å². The number of hydrogen-bond donors (Lipinski definition) is 0. The lowest BCUT2D eigenvalue weighted by atomic mass is 9.90. The van der Waals surface area contributed by atoms with Gasteiger partial charge in [-0.2, -0.15) is 0 Å². The molecule has 1 atom stereocenters. The van der Waals surface area contributed by atoms with E-state index in [0.29, 0.717) is 19.0 Å². The Morgan fingerprint density at radius 3 is 2.39 bits per heavy atom. The fraction of sp³-hybridized carbons (Fsp3) is 0.321. The molecule has 0 radical (unpaired) electrons. The third kappa shape index (κ3) is 4.23. The van der Waals surface area contributed by atoms with Crippen LogP contribution in [0, 0.1) is 13.8 Å². The highest BCUT2D eigenvalue weighted by atomic mass is 16.2. The molecule has 31 heavy (non-hydrogen) atoms. The Balaban J connectivity index is 1.68. The van der Waals surface area contributed by atoms with Crippen LogP contribution in [-0.2, 0) is 6.54 Å². The quantitative estimate of drug-likeness (QED) is 0.457. The van der Waals surface area contributed by atoms with Crippen molar-refractivity contribution >= 4 is 6.03 Å². The molecule has 3 nitrogen and oxygen atoms in total. The lowest BCUT2D eigenvalue weighted by Gasteiger charge is -2.20. The summed E-state index contributed by atoms with van der Waals surface area (Å²) < 4.78 is 0. The molecule has 2 amide bonds. The predicted octanol–water partition coefficient (Wildman–Crippen LogP) is 6.70. The highest BCUT2D eigenvalue weighted by molar-refractivity contribution is 5.78. The van der Waals surface area contributed by atoms with Crippen molar-refractivity contribution in [3.63, 3.8) is 0 Å². The number of urea groups is 1. The van der Waals surface area contributed by atoms with Crippen molar-refractivity contribution in [1.29, 1.82) is 0 Å². The highest BCUT2D eigenvalue weighted by Gasteiger charge is 2.35. The first-order valence-corrected chi connectivity index (χ1v) is 11.1. The molecule has 4 rings (SSSR count). The Morgan fingerprint density at radius 1 is 0.935 bits per heavy atom. The summed E-state index contributed by atoms with van der Waals surface area (Å²) in [6.45, 7) is 10.1. The summed E-state index contributed by atoms with van der Waals surface area (Å²) in [5.41, 5.74) is 8.71. The van der Waals surface area contributed by atoms with Crippen LogP contribution >= 0.6 is 0 Å². The van der Waals surface area contributed by atoms with Gasteiger partial charge in [-0.3, -0.25) is 0 Å². The molecule has 1 saturated heterocycles. The average molecular weight is 413 g/mol. The number of nitrogens with zero attached hydrogens (tertiary/aromatic N) is 2. The number of carbonyl (C=O) groups is 1. The van der Waals surface area contributed by atoms with Crippen LogP contribution < -0.4 is 0 Å². The van der Waals surface area contributed by atoms with Gasteiger partial charge in [0.05, 0.1) is 6.04 Å². The maximum atomic E-state index is 13.1. The Kier molecular flexibility index (Phi) is 5.86. The molecule has 0 aliphatic carbocycles.